The molecule has 2 heterocycles. The molecule has 1 aromatic carbocycles. The molecule has 28 heavy (non-hydrogen) atoms. The zero-order chi connectivity index (χ0) is 20.3. The lowest BCUT2D eigenvalue weighted by atomic mass is 10.2. The number of rotatable bonds is 6. The summed E-state index contributed by atoms with van der Waals surface area (Å²) >= 11 is 10.1. The zero-order valence-corrected chi connectivity index (χ0v) is 17.9. The summed E-state index contributed by atoms with van der Waals surface area (Å²) < 4.78 is 7.05. The van der Waals surface area contributed by atoms with Crippen LogP contribution in [-0.4, -0.2) is 34.1 Å². The number of carbonyl (C=O) groups is 2. The molecule has 0 unspecified atom stereocenters. The monoisotopic (exact) mass is 483 g/mol. The van der Waals surface area contributed by atoms with E-state index < -0.39 is 11.5 Å². The summed E-state index contributed by atoms with van der Waals surface area (Å²) in [6.07, 6.45) is 0.109. The Morgan fingerprint density at radius 2 is 2.04 bits per heavy atom. The number of nitrogens with one attached hydrogen (secondary N) is 1. The summed E-state index contributed by atoms with van der Waals surface area (Å²) in [5.74, 6) is -0.800. The highest BCUT2D eigenvalue weighted by molar-refractivity contribution is 9.10. The third-order valence-electron chi connectivity index (χ3n) is 3.77. The number of hydrogen-bond donors (Lipinski definition) is 1. The van der Waals surface area contributed by atoms with Crippen molar-refractivity contribution in [2.75, 3.05) is 17.8 Å². The number of amides is 1. The van der Waals surface area contributed by atoms with E-state index in [1.165, 1.54) is 0 Å². The summed E-state index contributed by atoms with van der Waals surface area (Å²) in [7, 11) is 0. The van der Waals surface area contributed by atoms with E-state index in [0.29, 0.717) is 16.1 Å². The molecule has 0 aliphatic carbocycles. The molecule has 0 aliphatic heterocycles. The van der Waals surface area contributed by atoms with Gasteiger partial charge in [-0.25, -0.2) is 4.79 Å². The first kappa shape index (κ1) is 20.5. The summed E-state index contributed by atoms with van der Waals surface area (Å²) in [6.45, 7) is 1.86. The Morgan fingerprint density at radius 3 is 2.68 bits per heavy atom. The number of ether oxygens (including phenoxy) is 1. The van der Waals surface area contributed by atoms with E-state index >= 15 is 0 Å². The van der Waals surface area contributed by atoms with Crippen LogP contribution < -0.4 is 10.9 Å². The van der Waals surface area contributed by atoms with Gasteiger partial charge in [-0.2, -0.15) is 9.78 Å². The molecule has 0 fully saturated rings. The van der Waals surface area contributed by atoms with Gasteiger partial charge in [-0.15, -0.1) is 22.9 Å². The lowest BCUT2D eigenvalue weighted by Crippen LogP contribution is -2.25. The quantitative estimate of drug-likeness (QED) is 0.422. The van der Waals surface area contributed by atoms with E-state index in [1.54, 1.807) is 36.6 Å². The van der Waals surface area contributed by atoms with Gasteiger partial charge in [0.05, 0.1) is 17.7 Å². The average Bonchev–Trinajstić information content (AvgIpc) is 3.07. The molecule has 3 aromatic rings. The van der Waals surface area contributed by atoms with Crippen LogP contribution in [0.15, 0.2) is 38.9 Å². The molecular formula is C18H15BrClN3O4S. The van der Waals surface area contributed by atoms with Gasteiger partial charge in [0.2, 0.25) is 5.91 Å². The van der Waals surface area contributed by atoms with Gasteiger partial charge in [0.15, 0.2) is 5.69 Å². The largest absolute Gasteiger partial charge is 0.461 e. The molecule has 0 aliphatic rings. The predicted molar refractivity (Wildman–Crippen MR) is 113 cm³/mol. The first-order chi connectivity index (χ1) is 13.5. The standard InChI is InChI=1S/C18H15BrClN3O4S/c1-2-27-18(26)15-12-9-28-16(21-13(24)7-8-20)14(12)17(25)23(22-15)11-5-3-10(19)4-6-11/h3-6,9H,2,7-8H2,1H3,(H,21,24). The van der Waals surface area contributed by atoms with Gasteiger partial charge in [-0.05, 0) is 31.2 Å². The van der Waals surface area contributed by atoms with Gasteiger partial charge >= 0.3 is 5.97 Å². The van der Waals surface area contributed by atoms with E-state index in [1.807, 2.05) is 0 Å². The van der Waals surface area contributed by atoms with Crippen molar-refractivity contribution in [3.8, 4) is 5.69 Å². The summed E-state index contributed by atoms with van der Waals surface area (Å²) in [6, 6.07) is 6.90. The Kier molecular flexibility index (Phi) is 6.48. The van der Waals surface area contributed by atoms with Gasteiger partial charge < -0.3 is 10.1 Å². The van der Waals surface area contributed by atoms with Gasteiger partial charge in [0.1, 0.15) is 5.00 Å². The van der Waals surface area contributed by atoms with E-state index in [2.05, 4.69) is 26.3 Å². The smallest absolute Gasteiger partial charge is 0.359 e. The van der Waals surface area contributed by atoms with Crippen molar-refractivity contribution in [1.29, 1.82) is 0 Å². The normalized spacial score (nSPS) is 10.8. The highest BCUT2D eigenvalue weighted by Crippen LogP contribution is 2.30. The van der Waals surface area contributed by atoms with Gasteiger partial charge in [-0.1, -0.05) is 15.9 Å². The first-order valence-electron chi connectivity index (χ1n) is 8.29. The molecule has 146 valence electrons. The summed E-state index contributed by atoms with van der Waals surface area (Å²) in [5.41, 5.74) is 0.0335. The third-order valence-corrected chi connectivity index (χ3v) is 5.38. The molecule has 0 saturated carbocycles. The van der Waals surface area contributed by atoms with Crippen molar-refractivity contribution < 1.29 is 14.3 Å². The van der Waals surface area contributed by atoms with Crippen molar-refractivity contribution in [2.45, 2.75) is 13.3 Å². The molecule has 0 saturated heterocycles. The minimum Gasteiger partial charge on any atom is -0.461 e. The van der Waals surface area contributed by atoms with Crippen LogP contribution >= 0.6 is 38.9 Å². The van der Waals surface area contributed by atoms with Crippen LogP contribution in [0.1, 0.15) is 23.8 Å². The summed E-state index contributed by atoms with van der Waals surface area (Å²) in [4.78, 5) is 37.5. The Bertz CT molecular complexity index is 1090. The summed E-state index contributed by atoms with van der Waals surface area (Å²) in [5, 5.41) is 9.41. The molecule has 0 atom stereocenters. The van der Waals surface area contributed by atoms with E-state index in [9.17, 15) is 14.4 Å². The number of hydrogen-bond acceptors (Lipinski definition) is 6. The second-order valence-corrected chi connectivity index (χ2v) is 7.78. The number of fused-ring (bicyclic) bond motifs is 1. The fourth-order valence-electron chi connectivity index (χ4n) is 2.52. The maximum atomic E-state index is 13.1. The number of anilines is 1. The van der Waals surface area contributed by atoms with Crippen LogP contribution in [0.2, 0.25) is 0 Å². The number of aromatic nitrogens is 2. The number of benzene rings is 1. The maximum Gasteiger partial charge on any atom is 0.359 e. The molecule has 3 rings (SSSR count). The zero-order valence-electron chi connectivity index (χ0n) is 14.7. The Hall–Kier alpha value is -2.23. The molecule has 7 nitrogen and oxygen atoms in total. The molecule has 0 bridgehead atoms. The molecule has 0 spiro atoms. The lowest BCUT2D eigenvalue weighted by Gasteiger charge is -2.10. The second-order valence-electron chi connectivity index (χ2n) is 5.60. The SMILES string of the molecule is CCOC(=O)c1nn(-c2ccc(Br)cc2)c(=O)c2c(NC(=O)CCCl)scc12. The minimum atomic E-state index is -0.644. The van der Waals surface area contributed by atoms with E-state index in [-0.39, 0.29) is 35.9 Å². The van der Waals surface area contributed by atoms with Crippen LogP contribution in [0.4, 0.5) is 5.00 Å². The molecule has 2 aromatic heterocycles. The molecule has 10 heteroatoms. The van der Waals surface area contributed by atoms with Crippen LogP contribution in [0.25, 0.3) is 16.5 Å². The Morgan fingerprint density at radius 1 is 1.32 bits per heavy atom. The van der Waals surface area contributed by atoms with Crippen molar-refractivity contribution >= 4 is 66.5 Å². The van der Waals surface area contributed by atoms with E-state index in [0.717, 1.165) is 20.5 Å². The van der Waals surface area contributed by atoms with Crippen molar-refractivity contribution in [1.82, 2.24) is 9.78 Å². The molecular weight excluding hydrogens is 470 g/mol. The third kappa shape index (κ3) is 4.11. The first-order valence-corrected chi connectivity index (χ1v) is 10.5. The Balaban J connectivity index is 2.24. The van der Waals surface area contributed by atoms with Gasteiger partial charge in [0, 0.05) is 27.5 Å². The van der Waals surface area contributed by atoms with Crippen LogP contribution in [0.5, 0.6) is 0 Å². The lowest BCUT2D eigenvalue weighted by molar-refractivity contribution is -0.115. The number of halogens is 2. The fourth-order valence-corrected chi connectivity index (χ4v) is 3.91. The van der Waals surface area contributed by atoms with E-state index in [4.69, 9.17) is 16.3 Å². The highest BCUT2D eigenvalue weighted by Gasteiger charge is 2.23. The predicted octanol–water partition coefficient (Wildman–Crippen LogP) is 3.95. The second kappa shape index (κ2) is 8.85. The molecule has 0 radical (unpaired) electrons. The fraction of sp³-hybridized carbons (Fsp3) is 0.222. The van der Waals surface area contributed by atoms with Crippen molar-refractivity contribution in [3.63, 3.8) is 0 Å². The number of nitrogens with zero attached hydrogens (tertiary/aromatic N) is 2. The average molecular weight is 485 g/mol. The molecule has 1 amide bonds. The number of thiophene rings is 1. The van der Waals surface area contributed by atoms with Crippen molar-refractivity contribution in [2.24, 2.45) is 0 Å². The maximum absolute atomic E-state index is 13.1. The number of alkyl halides is 1. The van der Waals surface area contributed by atoms with Crippen LogP contribution in [0, 0.1) is 0 Å². The minimum absolute atomic E-state index is 0.00783. The van der Waals surface area contributed by atoms with Crippen molar-refractivity contribution in [3.05, 3.63) is 50.2 Å². The number of esters is 1. The topological polar surface area (TPSA) is 90.3 Å². The Labute approximate surface area is 177 Å². The van der Waals surface area contributed by atoms with Gasteiger partial charge in [0.25, 0.3) is 5.56 Å². The van der Waals surface area contributed by atoms with Gasteiger partial charge in [-0.3, -0.25) is 9.59 Å². The van der Waals surface area contributed by atoms with Crippen LogP contribution in [-0.2, 0) is 9.53 Å². The van der Waals surface area contributed by atoms with Crippen LogP contribution in [0.3, 0.4) is 0 Å². The molecule has 1 N–H and O–H groups in total. The highest BCUT2D eigenvalue weighted by atomic mass is 79.9. The number of carbonyl (C=O) groups excluding carboxylic acids is 2.